The molecule has 0 fully saturated rings. The Morgan fingerprint density at radius 1 is 1.00 bits per heavy atom. The molecule has 0 saturated carbocycles. The molecule has 2 aromatic rings. The first-order valence-electron chi connectivity index (χ1n) is 6.36. The summed E-state index contributed by atoms with van der Waals surface area (Å²) in [5.41, 5.74) is 2.39. The van der Waals surface area contributed by atoms with E-state index in [2.05, 4.69) is 5.32 Å². The number of rotatable bonds is 5. The van der Waals surface area contributed by atoms with E-state index in [9.17, 15) is 8.78 Å². The van der Waals surface area contributed by atoms with E-state index in [1.807, 2.05) is 12.1 Å². The minimum atomic E-state index is -0.185. The summed E-state index contributed by atoms with van der Waals surface area (Å²) < 4.78 is 26.5. The molecule has 0 saturated heterocycles. The monoisotopic (exact) mass is 261 g/mol. The maximum absolute atomic E-state index is 13.4. The van der Waals surface area contributed by atoms with Gasteiger partial charge < -0.3 is 5.32 Å². The topological polar surface area (TPSA) is 12.0 Å². The largest absolute Gasteiger partial charge is 0.312 e. The van der Waals surface area contributed by atoms with E-state index in [0.717, 1.165) is 5.56 Å². The minimum absolute atomic E-state index is 0.165. The maximum atomic E-state index is 13.4. The summed E-state index contributed by atoms with van der Waals surface area (Å²) in [7, 11) is 0. The Bertz CT molecular complexity index is 552. The molecule has 1 N–H and O–H groups in total. The smallest absolute Gasteiger partial charge is 0.126 e. The lowest BCUT2D eigenvalue weighted by atomic mass is 10.1. The Morgan fingerprint density at radius 2 is 1.79 bits per heavy atom. The molecule has 3 heteroatoms. The molecule has 0 aliphatic carbocycles. The third kappa shape index (κ3) is 3.86. The highest BCUT2D eigenvalue weighted by Gasteiger charge is 2.01. The second-order valence-corrected chi connectivity index (χ2v) is 4.60. The Balaban J connectivity index is 1.81. The van der Waals surface area contributed by atoms with Crippen LogP contribution in [0.2, 0.25) is 0 Å². The van der Waals surface area contributed by atoms with E-state index >= 15 is 0 Å². The van der Waals surface area contributed by atoms with Crippen LogP contribution in [0.1, 0.15) is 16.7 Å². The zero-order valence-corrected chi connectivity index (χ0v) is 10.9. The first-order valence-corrected chi connectivity index (χ1v) is 6.36. The number of nitrogens with one attached hydrogen (secondary N) is 1. The quantitative estimate of drug-likeness (QED) is 0.811. The van der Waals surface area contributed by atoms with Gasteiger partial charge in [0.05, 0.1) is 0 Å². The van der Waals surface area contributed by atoms with Crippen molar-refractivity contribution in [2.75, 3.05) is 6.54 Å². The summed E-state index contributed by atoms with van der Waals surface area (Å²) >= 11 is 0. The van der Waals surface area contributed by atoms with Crippen molar-refractivity contribution < 1.29 is 8.78 Å². The molecule has 0 aromatic heterocycles. The van der Waals surface area contributed by atoms with Gasteiger partial charge in [0.25, 0.3) is 0 Å². The second kappa shape index (κ2) is 6.43. The molecule has 0 radical (unpaired) electrons. The standard InChI is InChI=1S/C16H17F2N/c1-12-10-13(6-7-15(12)17)11-19-9-8-14-4-2-3-5-16(14)18/h2-7,10,19H,8-9,11H2,1H3. The Labute approximate surface area is 112 Å². The highest BCUT2D eigenvalue weighted by Crippen LogP contribution is 2.09. The first kappa shape index (κ1) is 13.7. The van der Waals surface area contributed by atoms with Crippen LogP contribution in [-0.4, -0.2) is 6.54 Å². The van der Waals surface area contributed by atoms with Gasteiger partial charge in [-0.1, -0.05) is 30.3 Å². The van der Waals surface area contributed by atoms with Crippen LogP contribution < -0.4 is 5.32 Å². The molecule has 19 heavy (non-hydrogen) atoms. The molecule has 0 amide bonds. The number of hydrogen-bond donors (Lipinski definition) is 1. The van der Waals surface area contributed by atoms with Gasteiger partial charge in [0.1, 0.15) is 11.6 Å². The van der Waals surface area contributed by atoms with Gasteiger partial charge in [-0.15, -0.1) is 0 Å². The summed E-state index contributed by atoms with van der Waals surface area (Å²) in [6.45, 7) is 3.10. The first-order chi connectivity index (χ1) is 9.16. The number of aryl methyl sites for hydroxylation is 1. The number of benzene rings is 2. The van der Waals surface area contributed by atoms with E-state index < -0.39 is 0 Å². The summed E-state index contributed by atoms with van der Waals surface area (Å²) in [5, 5.41) is 3.23. The van der Waals surface area contributed by atoms with Gasteiger partial charge in [0.15, 0.2) is 0 Å². The van der Waals surface area contributed by atoms with Crippen LogP contribution in [0.5, 0.6) is 0 Å². The second-order valence-electron chi connectivity index (χ2n) is 4.60. The zero-order valence-electron chi connectivity index (χ0n) is 10.9. The minimum Gasteiger partial charge on any atom is -0.312 e. The molecule has 2 rings (SSSR count). The van der Waals surface area contributed by atoms with E-state index in [1.165, 1.54) is 12.1 Å². The molecule has 2 aromatic carbocycles. The fourth-order valence-corrected chi connectivity index (χ4v) is 1.97. The maximum Gasteiger partial charge on any atom is 0.126 e. The molecule has 0 aliphatic rings. The Hall–Kier alpha value is -1.74. The van der Waals surface area contributed by atoms with Crippen LogP contribution in [-0.2, 0) is 13.0 Å². The lowest BCUT2D eigenvalue weighted by molar-refractivity contribution is 0.596. The van der Waals surface area contributed by atoms with Crippen molar-refractivity contribution in [1.29, 1.82) is 0 Å². The van der Waals surface area contributed by atoms with Crippen molar-refractivity contribution in [2.45, 2.75) is 19.9 Å². The van der Waals surface area contributed by atoms with Crippen molar-refractivity contribution in [3.8, 4) is 0 Å². The highest BCUT2D eigenvalue weighted by molar-refractivity contribution is 5.24. The third-order valence-electron chi connectivity index (χ3n) is 3.08. The molecule has 0 bridgehead atoms. The molecular formula is C16H17F2N. The molecule has 0 spiro atoms. The molecule has 0 aliphatic heterocycles. The van der Waals surface area contributed by atoms with Crippen molar-refractivity contribution in [2.24, 2.45) is 0 Å². The van der Waals surface area contributed by atoms with Gasteiger partial charge in [-0.3, -0.25) is 0 Å². The molecule has 100 valence electrons. The summed E-state index contributed by atoms with van der Waals surface area (Å²) in [6, 6.07) is 11.8. The third-order valence-corrected chi connectivity index (χ3v) is 3.08. The summed E-state index contributed by atoms with van der Waals surface area (Å²) in [4.78, 5) is 0. The lowest BCUT2D eigenvalue weighted by Crippen LogP contribution is -2.17. The SMILES string of the molecule is Cc1cc(CNCCc2ccccc2F)ccc1F. The number of halogens is 2. The van der Waals surface area contributed by atoms with Crippen LogP contribution in [0.15, 0.2) is 42.5 Å². The van der Waals surface area contributed by atoms with Crippen LogP contribution >= 0.6 is 0 Å². The van der Waals surface area contributed by atoms with Crippen LogP contribution in [0.3, 0.4) is 0 Å². The van der Waals surface area contributed by atoms with E-state index in [-0.39, 0.29) is 11.6 Å². The average Bonchev–Trinajstić information content (AvgIpc) is 2.40. The van der Waals surface area contributed by atoms with Crippen molar-refractivity contribution in [3.63, 3.8) is 0 Å². The van der Waals surface area contributed by atoms with E-state index in [1.54, 1.807) is 25.1 Å². The van der Waals surface area contributed by atoms with Gasteiger partial charge in [-0.25, -0.2) is 8.78 Å². The van der Waals surface area contributed by atoms with E-state index in [4.69, 9.17) is 0 Å². The predicted octanol–water partition coefficient (Wildman–Crippen LogP) is 3.61. The zero-order chi connectivity index (χ0) is 13.7. The molecular weight excluding hydrogens is 244 g/mol. The van der Waals surface area contributed by atoms with Crippen LogP contribution in [0.25, 0.3) is 0 Å². The summed E-state index contributed by atoms with van der Waals surface area (Å²) in [6.07, 6.45) is 0.646. The fraction of sp³-hybridized carbons (Fsp3) is 0.250. The van der Waals surface area contributed by atoms with Crippen molar-refractivity contribution in [3.05, 3.63) is 70.8 Å². The predicted molar refractivity (Wildman–Crippen MR) is 72.9 cm³/mol. The van der Waals surface area contributed by atoms with Gasteiger partial charge in [0, 0.05) is 6.54 Å². The molecule has 0 atom stereocenters. The molecule has 0 heterocycles. The highest BCUT2D eigenvalue weighted by atomic mass is 19.1. The summed E-state index contributed by atoms with van der Waals surface area (Å²) in [5.74, 6) is -0.350. The lowest BCUT2D eigenvalue weighted by Gasteiger charge is -2.07. The fourth-order valence-electron chi connectivity index (χ4n) is 1.97. The average molecular weight is 261 g/mol. The van der Waals surface area contributed by atoms with Gasteiger partial charge in [0.2, 0.25) is 0 Å². The number of hydrogen-bond acceptors (Lipinski definition) is 1. The van der Waals surface area contributed by atoms with Gasteiger partial charge in [-0.2, -0.15) is 0 Å². The van der Waals surface area contributed by atoms with Gasteiger partial charge >= 0.3 is 0 Å². The Kier molecular flexibility index (Phi) is 4.63. The Morgan fingerprint density at radius 3 is 2.53 bits per heavy atom. The van der Waals surface area contributed by atoms with E-state index in [0.29, 0.717) is 30.6 Å². The molecule has 0 unspecified atom stereocenters. The van der Waals surface area contributed by atoms with Crippen LogP contribution in [0, 0.1) is 18.6 Å². The van der Waals surface area contributed by atoms with Crippen LogP contribution in [0.4, 0.5) is 8.78 Å². The molecule has 1 nitrogen and oxygen atoms in total. The van der Waals surface area contributed by atoms with Gasteiger partial charge in [-0.05, 0) is 48.7 Å². The van der Waals surface area contributed by atoms with Crippen molar-refractivity contribution in [1.82, 2.24) is 5.32 Å². The van der Waals surface area contributed by atoms with Crippen molar-refractivity contribution >= 4 is 0 Å². The normalized spacial score (nSPS) is 10.7.